The van der Waals surface area contributed by atoms with Gasteiger partial charge in [-0.05, 0) is 137 Å². The number of nitrogens with one attached hydrogen (secondary N) is 6. The first-order chi connectivity index (χ1) is 67.8. The molecule has 9 heterocycles. The Labute approximate surface area is 834 Å². The molecule has 7 saturated heterocycles. The van der Waals surface area contributed by atoms with Crippen molar-refractivity contribution in [2.24, 2.45) is 11.8 Å². The minimum Gasteiger partial charge on any atom is -0.505 e. The number of aromatic nitrogens is 2. The van der Waals surface area contributed by atoms with Gasteiger partial charge in [-0.25, -0.2) is 19.6 Å². The van der Waals surface area contributed by atoms with E-state index in [-0.39, 0.29) is 98.9 Å². The van der Waals surface area contributed by atoms with Gasteiger partial charge in [0.2, 0.25) is 59.1 Å². The number of thioether (sulfide) groups is 2. The van der Waals surface area contributed by atoms with Crippen molar-refractivity contribution in [2.45, 2.75) is 189 Å². The first-order valence-corrected chi connectivity index (χ1v) is 50.7. The van der Waals surface area contributed by atoms with Crippen molar-refractivity contribution in [3.63, 3.8) is 0 Å². The molecule has 142 heavy (non-hydrogen) atoms. The second-order valence-electron chi connectivity index (χ2n) is 38.3. The van der Waals surface area contributed by atoms with Gasteiger partial charge in [0.05, 0.1) is 0 Å². The number of ether oxygens (including phenoxy) is 2. The molecule has 2 unspecified atom stereocenters. The molecule has 6 aromatic rings. The van der Waals surface area contributed by atoms with Gasteiger partial charge in [0.15, 0.2) is 23.5 Å². The smallest absolute Gasteiger partial charge is 0.333 e. The van der Waals surface area contributed by atoms with Crippen molar-refractivity contribution < 1.29 is 96.4 Å². The molecule has 7 aliphatic rings. The Kier molecular flexibility index (Phi) is 35.3. The largest absolute Gasteiger partial charge is 0.505 e. The van der Waals surface area contributed by atoms with Crippen molar-refractivity contribution in [3.8, 4) is 11.5 Å². The van der Waals surface area contributed by atoms with Crippen LogP contribution < -0.4 is 41.7 Å². The molecule has 16 atom stereocenters. The van der Waals surface area contributed by atoms with Crippen molar-refractivity contribution in [1.29, 1.82) is 0 Å². The van der Waals surface area contributed by atoms with Crippen LogP contribution >= 0.6 is 23.5 Å². The number of hydrogen-bond donors (Lipinski definition) is 8. The Bertz CT molecular complexity index is 5290. The first-order valence-electron chi connectivity index (χ1n) is 48.4. The van der Waals surface area contributed by atoms with E-state index in [2.05, 4.69) is 51.7 Å². The van der Waals surface area contributed by atoms with E-state index in [1.807, 2.05) is 86.5 Å². The molecule has 4 aromatic carbocycles. The molecule has 8 N–H and O–H groups in total. The van der Waals surface area contributed by atoms with E-state index in [1.165, 1.54) is 131 Å². The number of anilines is 2. The summed E-state index contributed by atoms with van der Waals surface area (Å²) in [6.07, 6.45) is -0.825. The minimum atomic E-state index is -1.79. The highest BCUT2D eigenvalue weighted by atomic mass is 32.2. The summed E-state index contributed by atoms with van der Waals surface area (Å²) in [5.41, 5.74) is -1.10. The summed E-state index contributed by atoms with van der Waals surface area (Å²) in [4.78, 5) is 267. The molecule has 760 valence electrons. The lowest BCUT2D eigenvalue weighted by atomic mass is 9.90. The summed E-state index contributed by atoms with van der Waals surface area (Å²) in [7, 11) is 10.4. The van der Waals surface area contributed by atoms with E-state index in [9.17, 15) is 39.0 Å². The molecule has 38 nitrogen and oxygen atoms in total. The highest BCUT2D eigenvalue weighted by molar-refractivity contribution is 7.99. The zero-order chi connectivity index (χ0) is 102. The Balaban J connectivity index is 0.705. The lowest BCUT2D eigenvalue weighted by molar-refractivity contribution is -0.158. The Morgan fingerprint density at radius 2 is 0.824 bits per heavy atom. The monoisotopic (exact) mass is 1990 g/mol. The molecular weight excluding hydrogens is 1860 g/mol. The number of fused-ring (bicyclic) bond motifs is 4. The van der Waals surface area contributed by atoms with Crippen LogP contribution in [-0.4, -0.2) is 356 Å². The summed E-state index contributed by atoms with van der Waals surface area (Å²) >= 11 is 3.01. The molecule has 40 heteroatoms. The number of nitrogens with zero attached hydrogens (tertiary/aromatic N) is 12. The molecule has 7 fully saturated rings. The van der Waals surface area contributed by atoms with Gasteiger partial charge in [0.1, 0.15) is 94.7 Å². The number of hydrogen-bond acceptors (Lipinski definition) is 28. The maximum absolute atomic E-state index is 16.2. The molecule has 12 amide bonds. The molecule has 0 aliphatic carbocycles. The third kappa shape index (κ3) is 24.8. The maximum Gasteiger partial charge on any atom is 0.333 e. The zero-order valence-corrected chi connectivity index (χ0v) is 84.0. The summed E-state index contributed by atoms with van der Waals surface area (Å²) in [6, 6.07) is 20.9. The van der Waals surface area contributed by atoms with Gasteiger partial charge in [-0.2, -0.15) is 23.5 Å². The van der Waals surface area contributed by atoms with Gasteiger partial charge < -0.3 is 90.8 Å². The highest BCUT2D eigenvalue weighted by Crippen LogP contribution is 2.36. The van der Waals surface area contributed by atoms with E-state index >= 15 is 47.9 Å². The number of benzene rings is 4. The van der Waals surface area contributed by atoms with Crippen LogP contribution in [0.15, 0.2) is 146 Å². The van der Waals surface area contributed by atoms with Gasteiger partial charge in [0, 0.05) is 192 Å². The van der Waals surface area contributed by atoms with E-state index in [0.29, 0.717) is 74.7 Å². The molecule has 0 saturated carbocycles. The predicted molar refractivity (Wildman–Crippen MR) is 530 cm³/mol. The maximum atomic E-state index is 16.2. The van der Waals surface area contributed by atoms with Crippen LogP contribution in [0.3, 0.4) is 0 Å². The lowest BCUT2D eigenvalue weighted by Crippen LogP contribution is -2.65. The number of amides is 12. The number of pyridine rings is 2. The van der Waals surface area contributed by atoms with Crippen molar-refractivity contribution in [3.05, 3.63) is 179 Å². The molecule has 0 radical (unpaired) electrons. The first kappa shape index (κ1) is 106. The summed E-state index contributed by atoms with van der Waals surface area (Å²) in [6.45, 7) is 12.4. The van der Waals surface area contributed by atoms with Crippen molar-refractivity contribution >= 4 is 129 Å². The summed E-state index contributed by atoms with van der Waals surface area (Å²) < 4.78 is 12.2. The molecular formula is C102H130N18O20S2. The van der Waals surface area contributed by atoms with Crippen LogP contribution in [0.4, 0.5) is 11.4 Å². The number of cyclic esters (lactones) is 2. The van der Waals surface area contributed by atoms with E-state index in [1.54, 1.807) is 74.5 Å². The molecule has 13 rings (SSSR count). The average molecular weight is 1990 g/mol. The minimum absolute atomic E-state index is 0.0359. The number of piperidine rings is 2. The molecule has 0 spiro atoms. The fourth-order valence-electron chi connectivity index (χ4n) is 19.2. The van der Waals surface area contributed by atoms with Gasteiger partial charge in [0.25, 0.3) is 11.8 Å². The number of piperazine rings is 1. The number of Topliss-reactive ketones (excluding diaryl/α,β-unsaturated/α-hetero) is 2. The van der Waals surface area contributed by atoms with Crippen molar-refractivity contribution in [1.82, 2.24) is 81.1 Å². The molecule has 7 aliphatic heterocycles. The SMILES string of the molecule is CC[C@@]1(C)NC(=O)[C@@H](NC(=O)c2ncccc2O)[C@@H](C)OC(=O)[C@H](c2ccccc2)NC(=O)[C@@H]2CC(=O)C(CSCCN3CCN(CCSCC4CN5C(=O)[C@H](Cc6ccc(N(C)C)cc6)N(C)C(=O)[C@@H]6CCCN6C(=O)[C@](C)(CC)NC(=O)[C@@H](NC(=O)c6ncccc6O)[C@@H](C)OC(=O)[C@H](c6ccccc6)NC(=O)[C@@H]5CC4=O)CC3)CN2C(=O)[C@H](Cc2ccc(N(C)C)cc2)N(C)C(=O)[C@@H]2CCCN2C1=O. The number of ketones is 2. The quantitative estimate of drug-likeness (QED) is 0.0315. The Morgan fingerprint density at radius 3 is 1.16 bits per heavy atom. The molecule has 2 aromatic heterocycles. The average Bonchev–Trinajstić information content (AvgIpc) is 1.72. The number of carbonyl (C=O) groups excluding carboxylic acids is 16. The van der Waals surface area contributed by atoms with Crippen molar-refractivity contribution in [2.75, 3.05) is 141 Å². The fraction of sp³-hybridized carbons (Fsp3) is 0.510. The molecule has 0 bridgehead atoms. The van der Waals surface area contributed by atoms with E-state index in [4.69, 9.17) is 9.47 Å². The van der Waals surface area contributed by atoms with Crippen LogP contribution in [-0.2, 0) is 89.4 Å². The van der Waals surface area contributed by atoms with Gasteiger partial charge in [-0.15, -0.1) is 0 Å². The highest BCUT2D eigenvalue weighted by Gasteiger charge is 2.53. The number of aromatic hydroxyl groups is 2. The normalized spacial score (nSPS) is 27.1. The third-order valence-electron chi connectivity index (χ3n) is 28.4. The van der Waals surface area contributed by atoms with E-state index < -0.39 is 214 Å². The van der Waals surface area contributed by atoms with Gasteiger partial charge >= 0.3 is 11.9 Å². The summed E-state index contributed by atoms with van der Waals surface area (Å²) in [5, 5.41) is 37.7. The van der Waals surface area contributed by atoms with Crippen LogP contribution in [0.1, 0.15) is 148 Å². The number of likely N-dealkylation sites (N-methyl/N-ethyl adjacent to an activating group) is 2. The van der Waals surface area contributed by atoms with Crippen LogP contribution in [0, 0.1) is 11.8 Å². The van der Waals surface area contributed by atoms with Crippen LogP contribution in [0.25, 0.3) is 0 Å². The van der Waals surface area contributed by atoms with Gasteiger partial charge in [-0.3, -0.25) is 76.9 Å². The van der Waals surface area contributed by atoms with E-state index in [0.717, 1.165) is 11.4 Å². The number of esters is 2. The van der Waals surface area contributed by atoms with Crippen LogP contribution in [0.5, 0.6) is 11.5 Å². The number of carbonyl (C=O) groups is 16. The van der Waals surface area contributed by atoms with Crippen LogP contribution in [0.2, 0.25) is 0 Å². The summed E-state index contributed by atoms with van der Waals surface area (Å²) in [5.74, 6) is -13.8. The second kappa shape index (κ2) is 47.2. The Morgan fingerprint density at radius 1 is 0.465 bits per heavy atom. The van der Waals surface area contributed by atoms with Gasteiger partial charge in [-0.1, -0.05) is 98.8 Å². The lowest BCUT2D eigenvalue weighted by Gasteiger charge is -2.42. The fourth-order valence-corrected chi connectivity index (χ4v) is 21.5. The predicted octanol–water partition coefficient (Wildman–Crippen LogP) is 3.87. The second-order valence-corrected chi connectivity index (χ2v) is 40.6. The standard InChI is InChI=1S/C102H130N18O20S2/c1-13-101(5)99(137)117-43-23-29-71(117)93(131)113(11)75(53-63-33-37-69(38-34-63)111(7)8)95(133)119-57-67(79(123)55-73(119)87(125)107-83(65-25-17-15-18-26-65)97(135)139-61(3)81(91(129)109-101)105-89(127)85-77(121)31-21-41-103-85)59-141-51-49-115-45-47-116(48-46-115)50-52-142-60-68-58-120-74(56-80(68)124)88(126)108-84(66-27-19-16-20-28-66)98(136)140-62(4)82(106-90(128)86-78(122)32-22-42-104-86)92(130)110-102(6,14-2)100(138)118-44-24-30-72(118)94(132)114(12)76(96(120)134)54-64-35-39-70(40-36-64)112(9)10/h15-22,25-28,31-42,61-62,67-68,71-76,81-84,121-122H,13-14,23-24,29-30,43-60H2,1-12H3,(H,105,127)(H,106,128)(H,107,125)(H,108,126)(H,109,129)(H,110,130)/t61-,62-,67?,68?,71+,72+,73+,74+,75+,76+,81+,82+,83+,84+,101-,102+/m1/s1. The zero-order valence-electron chi connectivity index (χ0n) is 82.3. The third-order valence-corrected chi connectivity index (χ3v) is 30.6. The number of rotatable bonds is 24. The topological polar surface area (TPSA) is 462 Å². The Hall–Kier alpha value is -13.1.